The van der Waals surface area contributed by atoms with E-state index in [0.717, 1.165) is 0 Å². The van der Waals surface area contributed by atoms with Gasteiger partial charge in [0.2, 0.25) is 0 Å². The average molecular weight is 195 g/mol. The lowest BCUT2D eigenvalue weighted by molar-refractivity contribution is -0.154. The number of carbonyl (C=O) groups excluding carboxylic acids is 1. The Morgan fingerprint density at radius 2 is 2.00 bits per heavy atom. The summed E-state index contributed by atoms with van der Waals surface area (Å²) in [5.41, 5.74) is 5.26. The molecule has 1 unspecified atom stereocenters. The van der Waals surface area contributed by atoms with Crippen molar-refractivity contribution in [2.75, 3.05) is 19.0 Å². The molecule has 0 radical (unpaired) electrons. The Bertz CT molecular complexity index is 140. The summed E-state index contributed by atoms with van der Waals surface area (Å²) in [4.78, 5) is 10.9. The number of carbonyl (C=O) groups is 1. The highest BCUT2D eigenvalue weighted by Gasteiger charge is 2.17. The molecule has 5 nitrogen and oxygen atoms in total. The predicted molar refractivity (Wildman–Crippen MR) is 45.9 cm³/mol. The van der Waals surface area contributed by atoms with Crippen molar-refractivity contribution < 1.29 is 19.7 Å². The minimum Gasteiger partial charge on any atom is -0.456 e. The Hall–Kier alpha value is -0.300. The molecule has 0 fully saturated rings. The zero-order valence-corrected chi connectivity index (χ0v) is 7.41. The predicted octanol–water partition coefficient (Wildman–Crippen LogP) is -1.86. The van der Waals surface area contributed by atoms with Crippen molar-refractivity contribution in [1.82, 2.24) is 0 Å². The molecule has 72 valence electrons. The van der Waals surface area contributed by atoms with Gasteiger partial charge in [-0.2, -0.15) is 12.6 Å². The van der Waals surface area contributed by atoms with E-state index in [2.05, 4.69) is 17.4 Å². The summed E-state index contributed by atoms with van der Waals surface area (Å²) in [5, 5.41) is 17.1. The average Bonchev–Trinajstić information content (AvgIpc) is 2.12. The quantitative estimate of drug-likeness (QED) is 0.305. The van der Waals surface area contributed by atoms with E-state index in [0.29, 0.717) is 0 Å². The Labute approximate surface area is 75.9 Å². The number of hydrogen-bond acceptors (Lipinski definition) is 6. The summed E-state index contributed by atoms with van der Waals surface area (Å²) in [5.74, 6) is -0.499. The molecule has 0 aromatic heterocycles. The lowest BCUT2D eigenvalue weighted by Gasteiger charge is -2.14. The monoisotopic (exact) mass is 195 g/mol. The SMILES string of the molecule is NC(CS)C(=O)OC(CO)CO. The number of aliphatic hydroxyl groups is 2. The van der Waals surface area contributed by atoms with Crippen molar-refractivity contribution in [3.05, 3.63) is 0 Å². The van der Waals surface area contributed by atoms with E-state index in [-0.39, 0.29) is 5.75 Å². The zero-order valence-electron chi connectivity index (χ0n) is 6.51. The van der Waals surface area contributed by atoms with Gasteiger partial charge in [-0.25, -0.2) is 0 Å². The van der Waals surface area contributed by atoms with Crippen molar-refractivity contribution in [2.24, 2.45) is 5.73 Å². The number of hydrogen-bond donors (Lipinski definition) is 4. The van der Waals surface area contributed by atoms with Crippen LogP contribution in [0, 0.1) is 0 Å². The van der Waals surface area contributed by atoms with Gasteiger partial charge in [0, 0.05) is 5.75 Å². The van der Waals surface area contributed by atoms with Gasteiger partial charge in [0.15, 0.2) is 0 Å². The number of esters is 1. The first-order valence-electron chi connectivity index (χ1n) is 3.44. The van der Waals surface area contributed by atoms with E-state index in [9.17, 15) is 4.79 Å². The summed E-state index contributed by atoms with van der Waals surface area (Å²) < 4.78 is 4.59. The highest BCUT2D eigenvalue weighted by molar-refractivity contribution is 7.80. The molecule has 0 saturated heterocycles. The first-order valence-corrected chi connectivity index (χ1v) is 4.07. The van der Waals surface area contributed by atoms with Crippen LogP contribution < -0.4 is 5.73 Å². The minimum atomic E-state index is -0.886. The molecule has 0 saturated carbocycles. The van der Waals surface area contributed by atoms with E-state index in [1.54, 1.807) is 0 Å². The molecule has 0 amide bonds. The normalized spacial score (nSPS) is 13.1. The number of rotatable bonds is 5. The van der Waals surface area contributed by atoms with Crippen LogP contribution in [-0.2, 0) is 9.53 Å². The molecule has 0 aromatic carbocycles. The van der Waals surface area contributed by atoms with Gasteiger partial charge < -0.3 is 20.7 Å². The van der Waals surface area contributed by atoms with E-state index in [4.69, 9.17) is 15.9 Å². The van der Waals surface area contributed by atoms with Crippen LogP contribution >= 0.6 is 12.6 Å². The van der Waals surface area contributed by atoms with Crippen molar-refractivity contribution in [3.63, 3.8) is 0 Å². The molecular weight excluding hydrogens is 182 g/mol. The third-order valence-corrected chi connectivity index (χ3v) is 1.58. The summed E-state index contributed by atoms with van der Waals surface area (Å²) in [6.07, 6.45) is -0.886. The van der Waals surface area contributed by atoms with E-state index in [1.165, 1.54) is 0 Å². The van der Waals surface area contributed by atoms with Crippen molar-refractivity contribution in [2.45, 2.75) is 12.1 Å². The fourth-order valence-electron chi connectivity index (χ4n) is 0.458. The van der Waals surface area contributed by atoms with Gasteiger partial charge >= 0.3 is 5.97 Å². The molecule has 0 bridgehead atoms. The Morgan fingerprint density at radius 1 is 1.50 bits per heavy atom. The van der Waals surface area contributed by atoms with Crippen LogP contribution in [0.2, 0.25) is 0 Å². The van der Waals surface area contributed by atoms with Crippen LogP contribution in [0.4, 0.5) is 0 Å². The molecule has 1 atom stereocenters. The second-order valence-electron chi connectivity index (χ2n) is 2.21. The smallest absolute Gasteiger partial charge is 0.324 e. The lowest BCUT2D eigenvalue weighted by atomic mass is 10.3. The molecule has 12 heavy (non-hydrogen) atoms. The first-order chi connectivity index (χ1) is 5.65. The largest absolute Gasteiger partial charge is 0.456 e. The molecule has 6 heteroatoms. The van der Waals surface area contributed by atoms with Gasteiger partial charge in [-0.1, -0.05) is 0 Å². The summed E-state index contributed by atoms with van der Waals surface area (Å²) in [6.45, 7) is -0.830. The van der Waals surface area contributed by atoms with Crippen LogP contribution in [0.3, 0.4) is 0 Å². The third kappa shape index (κ3) is 3.91. The maximum Gasteiger partial charge on any atom is 0.324 e. The molecule has 0 aliphatic rings. The van der Waals surface area contributed by atoms with Crippen LogP contribution in [0.25, 0.3) is 0 Å². The Morgan fingerprint density at radius 3 is 2.33 bits per heavy atom. The van der Waals surface area contributed by atoms with Crippen LogP contribution in [-0.4, -0.2) is 47.3 Å². The van der Waals surface area contributed by atoms with Gasteiger partial charge in [0.25, 0.3) is 0 Å². The number of thiol groups is 1. The molecule has 0 aliphatic heterocycles. The molecule has 0 rings (SSSR count). The molecule has 0 spiro atoms. The highest BCUT2D eigenvalue weighted by Crippen LogP contribution is 1.94. The second-order valence-corrected chi connectivity index (χ2v) is 2.58. The zero-order chi connectivity index (χ0) is 9.56. The fourth-order valence-corrected chi connectivity index (χ4v) is 0.608. The van der Waals surface area contributed by atoms with Crippen LogP contribution in [0.15, 0.2) is 0 Å². The van der Waals surface area contributed by atoms with Gasteiger partial charge in [-0.15, -0.1) is 0 Å². The van der Waals surface area contributed by atoms with Gasteiger partial charge in [0.05, 0.1) is 13.2 Å². The minimum absolute atomic E-state index is 0.169. The van der Waals surface area contributed by atoms with Gasteiger partial charge in [0.1, 0.15) is 12.1 Å². The van der Waals surface area contributed by atoms with Crippen molar-refractivity contribution >= 4 is 18.6 Å². The highest BCUT2D eigenvalue weighted by atomic mass is 32.1. The molecule has 4 N–H and O–H groups in total. The molecule has 0 aromatic rings. The molecular formula is C6H13NO4S. The standard InChI is InChI=1S/C6H13NO4S/c7-5(3-12)6(10)11-4(1-8)2-9/h4-5,8-9,12H,1-3,7H2. The fraction of sp³-hybridized carbons (Fsp3) is 0.833. The maximum absolute atomic E-state index is 10.9. The van der Waals surface area contributed by atoms with E-state index in [1.807, 2.05) is 0 Å². The van der Waals surface area contributed by atoms with E-state index < -0.39 is 31.3 Å². The van der Waals surface area contributed by atoms with Crippen LogP contribution in [0.1, 0.15) is 0 Å². The van der Waals surface area contributed by atoms with E-state index >= 15 is 0 Å². The summed E-state index contributed by atoms with van der Waals surface area (Å²) in [6, 6.07) is -0.811. The lowest BCUT2D eigenvalue weighted by Crippen LogP contribution is -2.38. The number of ether oxygens (including phenoxy) is 1. The van der Waals surface area contributed by atoms with Crippen molar-refractivity contribution in [3.8, 4) is 0 Å². The molecule has 0 aliphatic carbocycles. The van der Waals surface area contributed by atoms with Crippen molar-refractivity contribution in [1.29, 1.82) is 0 Å². The maximum atomic E-state index is 10.9. The molecule has 0 heterocycles. The second kappa shape index (κ2) is 6.24. The number of nitrogens with two attached hydrogens (primary N) is 1. The Balaban J connectivity index is 3.81. The van der Waals surface area contributed by atoms with Gasteiger partial charge in [-0.05, 0) is 0 Å². The van der Waals surface area contributed by atoms with Gasteiger partial charge in [-0.3, -0.25) is 4.79 Å². The number of aliphatic hydroxyl groups excluding tert-OH is 2. The topological polar surface area (TPSA) is 92.8 Å². The Kier molecular flexibility index (Phi) is 6.09. The summed E-state index contributed by atoms with van der Waals surface area (Å²) in [7, 11) is 0. The summed E-state index contributed by atoms with van der Waals surface area (Å²) >= 11 is 3.79. The van der Waals surface area contributed by atoms with Crippen LogP contribution in [0.5, 0.6) is 0 Å². The third-order valence-electron chi connectivity index (χ3n) is 1.19. The first kappa shape index (κ1) is 11.7.